The van der Waals surface area contributed by atoms with Crippen LogP contribution in [-0.4, -0.2) is 20.8 Å². The summed E-state index contributed by atoms with van der Waals surface area (Å²) in [5, 5.41) is 0. The van der Waals surface area contributed by atoms with Crippen molar-refractivity contribution in [3.05, 3.63) is 29.3 Å². The number of benzene rings is 1. The van der Waals surface area contributed by atoms with E-state index in [9.17, 15) is 8.78 Å². The lowest BCUT2D eigenvalue weighted by molar-refractivity contribution is 0.346. The Balaban J connectivity index is 3.40. The Hall–Kier alpha value is -1.62. The number of hydrogen-bond acceptors (Lipinski definition) is 3. The molecule has 0 fully saturated rings. The lowest BCUT2D eigenvalue weighted by atomic mass is 10.1. The van der Waals surface area contributed by atoms with Gasteiger partial charge >= 0.3 is 0 Å². The predicted molar refractivity (Wildman–Crippen MR) is 57.6 cm³/mol. The molecular formula is C11H13F2NO2. The Kier molecular flexibility index (Phi) is 4.25. The van der Waals surface area contributed by atoms with Crippen molar-refractivity contribution in [2.24, 2.45) is 5.73 Å². The van der Waals surface area contributed by atoms with Gasteiger partial charge in [0.05, 0.1) is 19.8 Å². The summed E-state index contributed by atoms with van der Waals surface area (Å²) in [5.41, 5.74) is 5.24. The highest BCUT2D eigenvalue weighted by Crippen LogP contribution is 2.35. The molecule has 88 valence electrons. The highest BCUT2D eigenvalue weighted by atomic mass is 19.2. The van der Waals surface area contributed by atoms with E-state index in [0.29, 0.717) is 0 Å². The first-order valence-electron chi connectivity index (χ1n) is 4.62. The number of rotatable bonds is 4. The summed E-state index contributed by atoms with van der Waals surface area (Å²) in [6, 6.07) is 0.938. The van der Waals surface area contributed by atoms with Crippen LogP contribution in [0.4, 0.5) is 8.78 Å². The van der Waals surface area contributed by atoms with E-state index in [1.54, 1.807) is 0 Å². The van der Waals surface area contributed by atoms with Crippen LogP contribution in [0.25, 0.3) is 6.08 Å². The van der Waals surface area contributed by atoms with Crippen molar-refractivity contribution in [1.82, 2.24) is 0 Å². The lowest BCUT2D eigenvalue weighted by Crippen LogP contribution is -1.99. The molecule has 5 heteroatoms. The van der Waals surface area contributed by atoms with Crippen LogP contribution in [0.3, 0.4) is 0 Å². The lowest BCUT2D eigenvalue weighted by Gasteiger charge is -2.11. The van der Waals surface area contributed by atoms with E-state index in [1.165, 1.54) is 26.4 Å². The van der Waals surface area contributed by atoms with Gasteiger partial charge in [0.15, 0.2) is 23.1 Å². The average molecular weight is 229 g/mol. The standard InChI is InChI=1S/C11H13F2NO2/c1-15-9-6-8(12)10(13)7(4-3-5-14)11(9)16-2/h3-4,6H,5,14H2,1-2H3/b4-3+. The molecular weight excluding hydrogens is 216 g/mol. The topological polar surface area (TPSA) is 44.5 Å². The van der Waals surface area contributed by atoms with E-state index < -0.39 is 11.6 Å². The molecule has 0 saturated heterocycles. The highest BCUT2D eigenvalue weighted by molar-refractivity contribution is 5.63. The van der Waals surface area contributed by atoms with Crippen molar-refractivity contribution in [2.75, 3.05) is 20.8 Å². The summed E-state index contributed by atoms with van der Waals surface area (Å²) < 4.78 is 36.6. The van der Waals surface area contributed by atoms with E-state index in [4.69, 9.17) is 15.2 Å². The van der Waals surface area contributed by atoms with E-state index in [0.717, 1.165) is 6.07 Å². The average Bonchev–Trinajstić information content (AvgIpc) is 2.30. The van der Waals surface area contributed by atoms with Crippen LogP contribution in [0.5, 0.6) is 11.5 Å². The fourth-order valence-corrected chi connectivity index (χ4v) is 1.30. The second kappa shape index (κ2) is 5.46. The van der Waals surface area contributed by atoms with Gasteiger partial charge in [0.25, 0.3) is 0 Å². The van der Waals surface area contributed by atoms with Gasteiger partial charge in [0.1, 0.15) is 0 Å². The fraction of sp³-hybridized carbons (Fsp3) is 0.273. The van der Waals surface area contributed by atoms with Crippen LogP contribution >= 0.6 is 0 Å². The Morgan fingerprint density at radius 2 is 2.00 bits per heavy atom. The van der Waals surface area contributed by atoms with Gasteiger partial charge in [-0.2, -0.15) is 0 Å². The van der Waals surface area contributed by atoms with Gasteiger partial charge < -0.3 is 15.2 Å². The maximum atomic E-state index is 13.5. The second-order valence-corrected chi connectivity index (χ2v) is 2.96. The molecule has 0 amide bonds. The Morgan fingerprint density at radius 3 is 2.50 bits per heavy atom. The zero-order chi connectivity index (χ0) is 12.1. The molecule has 0 unspecified atom stereocenters. The van der Waals surface area contributed by atoms with Crippen molar-refractivity contribution in [2.45, 2.75) is 0 Å². The molecule has 0 spiro atoms. The predicted octanol–water partition coefficient (Wildman–Crippen LogP) is 1.95. The van der Waals surface area contributed by atoms with Gasteiger partial charge in [-0.15, -0.1) is 0 Å². The van der Waals surface area contributed by atoms with Crippen molar-refractivity contribution < 1.29 is 18.3 Å². The molecule has 0 aliphatic carbocycles. The molecule has 1 aromatic carbocycles. The molecule has 0 bridgehead atoms. The van der Waals surface area contributed by atoms with Crippen molar-refractivity contribution in [3.63, 3.8) is 0 Å². The monoisotopic (exact) mass is 229 g/mol. The molecule has 0 aliphatic heterocycles. The molecule has 0 radical (unpaired) electrons. The molecule has 16 heavy (non-hydrogen) atoms. The SMILES string of the molecule is COc1cc(F)c(F)c(/C=C/CN)c1OC. The zero-order valence-corrected chi connectivity index (χ0v) is 9.09. The summed E-state index contributed by atoms with van der Waals surface area (Å²) in [6.07, 6.45) is 2.86. The van der Waals surface area contributed by atoms with Crippen molar-refractivity contribution in [3.8, 4) is 11.5 Å². The van der Waals surface area contributed by atoms with Crippen LogP contribution in [0.1, 0.15) is 5.56 Å². The third-order valence-electron chi connectivity index (χ3n) is 2.02. The first-order chi connectivity index (χ1) is 7.65. The van der Waals surface area contributed by atoms with Crippen molar-refractivity contribution in [1.29, 1.82) is 0 Å². The minimum absolute atomic E-state index is 0.00944. The summed E-state index contributed by atoms with van der Waals surface area (Å²) >= 11 is 0. The maximum Gasteiger partial charge on any atom is 0.171 e. The summed E-state index contributed by atoms with van der Waals surface area (Å²) in [4.78, 5) is 0. The smallest absolute Gasteiger partial charge is 0.171 e. The van der Waals surface area contributed by atoms with Crippen LogP contribution in [0.2, 0.25) is 0 Å². The minimum Gasteiger partial charge on any atom is -0.493 e. The van der Waals surface area contributed by atoms with Gasteiger partial charge in [-0.1, -0.05) is 12.2 Å². The van der Waals surface area contributed by atoms with Gasteiger partial charge in [-0.25, -0.2) is 8.78 Å². The second-order valence-electron chi connectivity index (χ2n) is 2.96. The van der Waals surface area contributed by atoms with Gasteiger partial charge in [0.2, 0.25) is 0 Å². The maximum absolute atomic E-state index is 13.5. The largest absolute Gasteiger partial charge is 0.493 e. The Bertz CT molecular complexity index is 405. The molecule has 0 aromatic heterocycles. The molecule has 0 atom stereocenters. The number of hydrogen-bond donors (Lipinski definition) is 1. The summed E-state index contributed by atoms with van der Waals surface area (Å²) in [6.45, 7) is 0.224. The molecule has 2 N–H and O–H groups in total. The van der Waals surface area contributed by atoms with Gasteiger partial charge in [-0.05, 0) is 0 Å². The Morgan fingerprint density at radius 1 is 1.31 bits per heavy atom. The fourth-order valence-electron chi connectivity index (χ4n) is 1.30. The van der Waals surface area contributed by atoms with E-state index in [2.05, 4.69) is 0 Å². The number of nitrogens with two attached hydrogens (primary N) is 1. The molecule has 0 aliphatic rings. The van der Waals surface area contributed by atoms with Gasteiger partial charge in [0, 0.05) is 12.6 Å². The molecule has 0 saturated carbocycles. The first-order valence-corrected chi connectivity index (χ1v) is 4.62. The number of halogens is 2. The minimum atomic E-state index is -0.991. The quantitative estimate of drug-likeness (QED) is 0.858. The Labute approximate surface area is 92.5 Å². The van der Waals surface area contributed by atoms with E-state index in [1.807, 2.05) is 0 Å². The van der Waals surface area contributed by atoms with E-state index >= 15 is 0 Å². The highest BCUT2D eigenvalue weighted by Gasteiger charge is 2.17. The van der Waals surface area contributed by atoms with Crippen LogP contribution in [0, 0.1) is 11.6 Å². The van der Waals surface area contributed by atoms with Crippen LogP contribution < -0.4 is 15.2 Å². The van der Waals surface area contributed by atoms with Gasteiger partial charge in [-0.3, -0.25) is 0 Å². The van der Waals surface area contributed by atoms with Crippen molar-refractivity contribution >= 4 is 6.08 Å². The molecule has 1 rings (SSSR count). The summed E-state index contributed by atoms with van der Waals surface area (Å²) in [7, 11) is 2.71. The third-order valence-corrected chi connectivity index (χ3v) is 2.02. The van der Waals surface area contributed by atoms with Crippen LogP contribution in [0.15, 0.2) is 12.1 Å². The number of ether oxygens (including phenoxy) is 2. The van der Waals surface area contributed by atoms with E-state index in [-0.39, 0.29) is 23.6 Å². The molecule has 0 heterocycles. The summed E-state index contributed by atoms with van der Waals surface area (Å²) in [5.74, 6) is -1.69. The molecule has 3 nitrogen and oxygen atoms in total. The first kappa shape index (κ1) is 12.4. The third kappa shape index (κ3) is 2.30. The molecule has 1 aromatic rings. The van der Waals surface area contributed by atoms with Crippen LogP contribution in [-0.2, 0) is 0 Å². The zero-order valence-electron chi connectivity index (χ0n) is 9.09. The number of methoxy groups -OCH3 is 2. The normalized spacial score (nSPS) is 10.8.